The fraction of sp³-hybridized carbons (Fsp3) is 0.444. The number of aliphatic carboxylic acids is 1. The molecule has 2 aromatic rings. The fourth-order valence-corrected chi connectivity index (χ4v) is 2.98. The van der Waals surface area contributed by atoms with Gasteiger partial charge in [-0.05, 0) is 51.0 Å². The molecule has 1 amide bonds. The fourth-order valence-electron chi connectivity index (χ4n) is 2.45. The maximum absolute atomic E-state index is 11.8. The van der Waals surface area contributed by atoms with E-state index >= 15 is 0 Å². The van der Waals surface area contributed by atoms with Crippen LogP contribution >= 0.6 is 15.9 Å². The lowest BCUT2D eigenvalue weighted by Gasteiger charge is -2.21. The van der Waals surface area contributed by atoms with E-state index in [2.05, 4.69) is 21.2 Å². The van der Waals surface area contributed by atoms with Crippen LogP contribution in [0.1, 0.15) is 39.0 Å². The van der Waals surface area contributed by atoms with E-state index < -0.39 is 23.7 Å². The number of fused-ring (bicyclic) bond motifs is 1. The van der Waals surface area contributed by atoms with E-state index in [1.165, 1.54) is 0 Å². The first-order valence-electron chi connectivity index (χ1n) is 8.02. The van der Waals surface area contributed by atoms with Crippen molar-refractivity contribution in [1.29, 1.82) is 0 Å². The van der Waals surface area contributed by atoms with E-state index in [1.807, 2.05) is 19.1 Å². The Bertz CT molecular complexity index is 791. The Morgan fingerprint density at radius 1 is 1.32 bits per heavy atom. The van der Waals surface area contributed by atoms with Gasteiger partial charge in [0.2, 0.25) is 0 Å². The highest BCUT2D eigenvalue weighted by molar-refractivity contribution is 9.10. The number of rotatable bonds is 5. The van der Waals surface area contributed by atoms with Gasteiger partial charge in [-0.1, -0.05) is 22.9 Å². The van der Waals surface area contributed by atoms with Crippen molar-refractivity contribution in [3.63, 3.8) is 0 Å². The molecule has 0 aliphatic heterocycles. The maximum Gasteiger partial charge on any atom is 0.408 e. The van der Waals surface area contributed by atoms with Crippen molar-refractivity contribution >= 4 is 39.0 Å². The minimum atomic E-state index is -1.15. The van der Waals surface area contributed by atoms with Crippen molar-refractivity contribution in [1.82, 2.24) is 5.32 Å². The Balaban J connectivity index is 2.21. The summed E-state index contributed by atoms with van der Waals surface area (Å²) in [4.78, 5) is 23.3. The zero-order chi connectivity index (χ0) is 18.8. The van der Waals surface area contributed by atoms with Gasteiger partial charge in [-0.15, -0.1) is 0 Å². The molecule has 0 radical (unpaired) electrons. The second-order valence-electron chi connectivity index (χ2n) is 6.79. The number of alkyl carbamates (subject to hydrolysis) is 1. The molecule has 0 fully saturated rings. The number of hydrogen-bond acceptors (Lipinski definition) is 4. The zero-order valence-electron chi connectivity index (χ0n) is 14.7. The van der Waals surface area contributed by atoms with E-state index in [-0.39, 0.29) is 6.42 Å². The molecule has 1 heterocycles. The van der Waals surface area contributed by atoms with Crippen LogP contribution in [-0.4, -0.2) is 28.8 Å². The molecule has 7 heteroatoms. The summed E-state index contributed by atoms with van der Waals surface area (Å²) < 4.78 is 11.9. The Kier molecular flexibility index (Phi) is 5.77. The summed E-state index contributed by atoms with van der Waals surface area (Å²) in [6.45, 7) is 7.16. The zero-order valence-corrected chi connectivity index (χ0v) is 16.3. The molecular weight excluding hydrogens is 390 g/mol. The van der Waals surface area contributed by atoms with Gasteiger partial charge in [0.15, 0.2) is 0 Å². The summed E-state index contributed by atoms with van der Waals surface area (Å²) >= 11 is 3.46. The number of ether oxygens (including phenoxy) is 1. The number of carboxylic acids is 1. The molecule has 0 saturated carbocycles. The standard InChI is InChI=1S/C18H22BrNO5/c1-5-10-6-12(19)7-11-8-13(24-15(10)11)9-14(16(21)22)20-17(23)25-18(2,3)4/h6-8,14H,5,9H2,1-4H3,(H,20,23)(H,21,22). The van der Waals surface area contributed by atoms with Gasteiger partial charge in [-0.25, -0.2) is 9.59 Å². The number of carboxylic acid groups (broad SMARTS) is 1. The number of carbonyl (C=O) groups excluding carboxylic acids is 1. The number of furan rings is 1. The summed E-state index contributed by atoms with van der Waals surface area (Å²) in [5, 5.41) is 12.6. The summed E-state index contributed by atoms with van der Waals surface area (Å²) in [6, 6.07) is 4.55. The second kappa shape index (κ2) is 7.47. The number of amides is 1. The molecule has 1 aromatic heterocycles. The quantitative estimate of drug-likeness (QED) is 0.766. The topological polar surface area (TPSA) is 88.8 Å². The molecule has 2 rings (SSSR count). The summed E-state index contributed by atoms with van der Waals surface area (Å²) in [5.41, 5.74) is 1.07. The SMILES string of the molecule is CCc1cc(Br)cc2cc(CC(NC(=O)OC(C)(C)C)C(=O)O)oc12. The lowest BCUT2D eigenvalue weighted by molar-refractivity contribution is -0.139. The molecule has 0 spiro atoms. The van der Waals surface area contributed by atoms with E-state index in [0.717, 1.165) is 27.4 Å². The van der Waals surface area contributed by atoms with E-state index in [4.69, 9.17) is 9.15 Å². The molecule has 0 aliphatic rings. The van der Waals surface area contributed by atoms with Gasteiger partial charge in [0.05, 0.1) is 0 Å². The Morgan fingerprint density at radius 2 is 2.00 bits per heavy atom. The largest absolute Gasteiger partial charge is 0.480 e. The van der Waals surface area contributed by atoms with Crippen molar-refractivity contribution in [2.75, 3.05) is 0 Å². The molecular formula is C18H22BrNO5. The minimum Gasteiger partial charge on any atom is -0.480 e. The van der Waals surface area contributed by atoms with Gasteiger partial charge in [-0.3, -0.25) is 0 Å². The predicted molar refractivity (Wildman–Crippen MR) is 97.8 cm³/mol. The first-order valence-corrected chi connectivity index (χ1v) is 8.81. The molecule has 25 heavy (non-hydrogen) atoms. The molecule has 0 saturated heterocycles. The highest BCUT2D eigenvalue weighted by Gasteiger charge is 2.25. The Labute approximate surface area is 154 Å². The van der Waals surface area contributed by atoms with Crippen LogP contribution in [0.2, 0.25) is 0 Å². The minimum absolute atomic E-state index is 0.0318. The number of nitrogens with one attached hydrogen (secondary N) is 1. The molecule has 6 nitrogen and oxygen atoms in total. The Hall–Kier alpha value is -2.02. The van der Waals surface area contributed by atoms with Crippen LogP contribution in [0.15, 0.2) is 27.1 Å². The molecule has 0 bridgehead atoms. The average Bonchev–Trinajstić information content (AvgIpc) is 2.85. The van der Waals surface area contributed by atoms with Gasteiger partial charge in [0, 0.05) is 16.3 Å². The van der Waals surface area contributed by atoms with Crippen LogP contribution in [0.25, 0.3) is 11.0 Å². The molecule has 1 unspecified atom stereocenters. The Morgan fingerprint density at radius 3 is 2.56 bits per heavy atom. The molecule has 136 valence electrons. The lowest BCUT2D eigenvalue weighted by Crippen LogP contribution is -2.44. The summed E-state index contributed by atoms with van der Waals surface area (Å²) in [7, 11) is 0. The van der Waals surface area contributed by atoms with Crippen molar-refractivity contribution < 1.29 is 23.8 Å². The predicted octanol–water partition coefficient (Wildman–Crippen LogP) is 4.28. The maximum atomic E-state index is 11.8. The van der Waals surface area contributed by atoms with Crippen LogP contribution in [0, 0.1) is 0 Å². The molecule has 2 N–H and O–H groups in total. The van der Waals surface area contributed by atoms with Crippen LogP contribution in [0.5, 0.6) is 0 Å². The van der Waals surface area contributed by atoms with Crippen molar-refractivity contribution in [3.8, 4) is 0 Å². The first-order chi connectivity index (χ1) is 11.6. The van der Waals surface area contributed by atoms with Crippen molar-refractivity contribution in [2.45, 2.75) is 52.2 Å². The monoisotopic (exact) mass is 411 g/mol. The first kappa shape index (κ1) is 19.3. The van der Waals surface area contributed by atoms with Crippen LogP contribution in [-0.2, 0) is 22.4 Å². The summed E-state index contributed by atoms with van der Waals surface area (Å²) in [5.74, 6) is -0.658. The smallest absolute Gasteiger partial charge is 0.408 e. The van der Waals surface area contributed by atoms with Crippen molar-refractivity contribution in [3.05, 3.63) is 34.0 Å². The van der Waals surface area contributed by atoms with Crippen LogP contribution < -0.4 is 5.32 Å². The third-order valence-electron chi connectivity index (χ3n) is 3.48. The number of benzene rings is 1. The van der Waals surface area contributed by atoms with Crippen molar-refractivity contribution in [2.24, 2.45) is 0 Å². The molecule has 1 aromatic carbocycles. The third-order valence-corrected chi connectivity index (χ3v) is 3.94. The third kappa shape index (κ3) is 5.22. The van der Waals surface area contributed by atoms with E-state index in [9.17, 15) is 14.7 Å². The van der Waals surface area contributed by atoms with E-state index in [1.54, 1.807) is 26.8 Å². The normalized spacial score (nSPS) is 12.8. The molecule has 0 aliphatic carbocycles. The second-order valence-corrected chi connectivity index (χ2v) is 7.71. The van der Waals surface area contributed by atoms with Gasteiger partial charge in [0.25, 0.3) is 0 Å². The molecule has 1 atom stereocenters. The number of halogens is 1. The number of aryl methyl sites for hydroxylation is 1. The van der Waals surface area contributed by atoms with Gasteiger partial charge >= 0.3 is 12.1 Å². The van der Waals surface area contributed by atoms with Gasteiger partial charge < -0.3 is 19.6 Å². The lowest BCUT2D eigenvalue weighted by atomic mass is 10.1. The van der Waals surface area contributed by atoms with Crippen LogP contribution in [0.3, 0.4) is 0 Å². The van der Waals surface area contributed by atoms with Crippen LogP contribution in [0.4, 0.5) is 4.79 Å². The van der Waals surface area contributed by atoms with Gasteiger partial charge in [-0.2, -0.15) is 0 Å². The van der Waals surface area contributed by atoms with Gasteiger partial charge in [0.1, 0.15) is 23.0 Å². The average molecular weight is 412 g/mol. The van der Waals surface area contributed by atoms with E-state index in [0.29, 0.717) is 5.76 Å². The highest BCUT2D eigenvalue weighted by atomic mass is 79.9. The summed E-state index contributed by atoms with van der Waals surface area (Å²) in [6.07, 6.45) is 0.0545. The number of hydrogen-bond donors (Lipinski definition) is 2. The number of carbonyl (C=O) groups is 2. The highest BCUT2D eigenvalue weighted by Crippen LogP contribution is 2.28.